The molecule has 1 aliphatic rings. The van der Waals surface area contributed by atoms with Gasteiger partial charge in [-0.05, 0) is 25.1 Å². The normalized spacial score (nSPS) is 14.0. The zero-order chi connectivity index (χ0) is 19.2. The molecule has 27 heavy (non-hydrogen) atoms. The molecule has 9 heteroatoms. The van der Waals surface area contributed by atoms with Crippen LogP contribution in [0, 0.1) is 5.82 Å². The monoisotopic (exact) mass is 373 g/mol. The molecule has 1 aromatic carbocycles. The molecule has 1 aromatic heterocycles. The van der Waals surface area contributed by atoms with Crippen LogP contribution in [0.4, 0.5) is 20.7 Å². The number of aromatic nitrogens is 2. The van der Waals surface area contributed by atoms with Gasteiger partial charge < -0.3 is 19.9 Å². The molecule has 1 saturated heterocycles. The lowest BCUT2D eigenvalue weighted by Gasteiger charge is -2.33. The molecule has 2 heterocycles. The molecule has 1 N–H and O–H groups in total. The highest BCUT2D eigenvalue weighted by Crippen LogP contribution is 2.15. The Balaban J connectivity index is 1.57. The molecule has 1 aliphatic heterocycles. The average molecular weight is 373 g/mol. The van der Waals surface area contributed by atoms with Gasteiger partial charge in [-0.25, -0.2) is 19.2 Å². The second-order valence-electron chi connectivity index (χ2n) is 5.90. The molecule has 0 radical (unpaired) electrons. The largest absolute Gasteiger partial charge is 0.450 e. The Kier molecular flexibility index (Phi) is 5.80. The maximum atomic E-state index is 13.2. The minimum atomic E-state index is -0.364. The lowest BCUT2D eigenvalue weighted by molar-refractivity contribution is 0.0565. The maximum absolute atomic E-state index is 13.2. The number of carbonyl (C=O) groups excluding carboxylic acids is 2. The van der Waals surface area contributed by atoms with Gasteiger partial charge in [-0.1, -0.05) is 6.07 Å². The minimum Gasteiger partial charge on any atom is -0.450 e. The minimum absolute atomic E-state index is 0.212. The lowest BCUT2D eigenvalue weighted by atomic mass is 10.3. The lowest BCUT2D eigenvalue weighted by Crippen LogP contribution is -2.50. The van der Waals surface area contributed by atoms with Crippen LogP contribution in [0.5, 0.6) is 0 Å². The third-order valence-corrected chi connectivity index (χ3v) is 4.06. The first-order chi connectivity index (χ1) is 13.1. The summed E-state index contributed by atoms with van der Waals surface area (Å²) >= 11 is 0. The van der Waals surface area contributed by atoms with E-state index in [1.54, 1.807) is 28.9 Å². The van der Waals surface area contributed by atoms with Crippen LogP contribution < -0.4 is 5.32 Å². The highest BCUT2D eigenvalue weighted by atomic mass is 19.1. The number of nitrogens with zero attached hydrogens (tertiary/aromatic N) is 4. The van der Waals surface area contributed by atoms with Crippen molar-refractivity contribution < 1.29 is 18.7 Å². The van der Waals surface area contributed by atoms with Crippen molar-refractivity contribution in [2.75, 3.05) is 38.1 Å². The Labute approximate surface area is 156 Å². The number of halogens is 1. The van der Waals surface area contributed by atoms with Crippen molar-refractivity contribution in [1.82, 2.24) is 19.8 Å². The quantitative estimate of drug-likeness (QED) is 0.885. The van der Waals surface area contributed by atoms with Crippen LogP contribution in [0.25, 0.3) is 0 Å². The molecular weight excluding hydrogens is 353 g/mol. The van der Waals surface area contributed by atoms with E-state index >= 15 is 0 Å². The van der Waals surface area contributed by atoms with Crippen molar-refractivity contribution in [3.8, 4) is 0 Å². The van der Waals surface area contributed by atoms with Crippen LogP contribution in [-0.4, -0.2) is 64.6 Å². The predicted octanol–water partition coefficient (Wildman–Crippen LogP) is 2.27. The first-order valence-corrected chi connectivity index (χ1v) is 8.62. The van der Waals surface area contributed by atoms with E-state index in [2.05, 4.69) is 15.3 Å². The summed E-state index contributed by atoms with van der Waals surface area (Å²) in [5, 5.41) is 2.92. The molecule has 2 aromatic rings. The summed E-state index contributed by atoms with van der Waals surface area (Å²) < 4.78 is 18.2. The molecule has 142 valence electrons. The molecule has 8 nitrogen and oxygen atoms in total. The number of nitrogens with one attached hydrogen (secondary N) is 1. The van der Waals surface area contributed by atoms with Crippen molar-refractivity contribution in [3.63, 3.8) is 0 Å². The van der Waals surface area contributed by atoms with Gasteiger partial charge in [0.1, 0.15) is 17.3 Å². The number of benzene rings is 1. The van der Waals surface area contributed by atoms with Crippen LogP contribution in [0.3, 0.4) is 0 Å². The second-order valence-corrected chi connectivity index (χ2v) is 5.90. The van der Waals surface area contributed by atoms with E-state index in [1.165, 1.54) is 24.5 Å². The molecule has 3 rings (SSSR count). The van der Waals surface area contributed by atoms with E-state index in [0.717, 1.165) is 0 Å². The van der Waals surface area contributed by atoms with E-state index in [0.29, 0.717) is 44.3 Å². The predicted molar refractivity (Wildman–Crippen MR) is 96.2 cm³/mol. The van der Waals surface area contributed by atoms with Gasteiger partial charge in [0.15, 0.2) is 0 Å². The third-order valence-electron chi connectivity index (χ3n) is 4.06. The second kappa shape index (κ2) is 8.43. The van der Waals surface area contributed by atoms with Crippen molar-refractivity contribution in [3.05, 3.63) is 48.2 Å². The Bertz CT molecular complexity index is 807. The number of rotatable bonds is 4. The molecule has 1 fully saturated rings. The van der Waals surface area contributed by atoms with Gasteiger partial charge in [0.2, 0.25) is 0 Å². The SMILES string of the molecule is CCOC(=O)N1CCN(C(=O)c2cnc(Nc3cccc(F)c3)cn2)CC1. The Morgan fingerprint density at radius 3 is 2.52 bits per heavy atom. The average Bonchev–Trinajstić information content (AvgIpc) is 2.68. The summed E-state index contributed by atoms with van der Waals surface area (Å²) in [5.74, 6) is -0.200. The van der Waals surface area contributed by atoms with E-state index in [4.69, 9.17) is 4.74 Å². The van der Waals surface area contributed by atoms with E-state index in [1.807, 2.05) is 0 Å². The standard InChI is InChI=1S/C18H20FN5O3/c1-2-27-18(26)24-8-6-23(7-9-24)17(25)15-11-21-16(12-20-15)22-14-5-3-4-13(19)10-14/h3-5,10-12H,2,6-9H2,1H3,(H,21,22). The summed E-state index contributed by atoms with van der Waals surface area (Å²) in [4.78, 5) is 35.7. The molecular formula is C18H20FN5O3. The van der Waals surface area contributed by atoms with Gasteiger partial charge in [0.25, 0.3) is 5.91 Å². The number of ether oxygens (including phenoxy) is 1. The first kappa shape index (κ1) is 18.6. The first-order valence-electron chi connectivity index (χ1n) is 8.62. The summed E-state index contributed by atoms with van der Waals surface area (Å²) in [6, 6.07) is 5.97. The highest BCUT2D eigenvalue weighted by Gasteiger charge is 2.26. The van der Waals surface area contributed by atoms with Crippen molar-refractivity contribution in [1.29, 1.82) is 0 Å². The van der Waals surface area contributed by atoms with Gasteiger partial charge in [0.05, 0.1) is 19.0 Å². The highest BCUT2D eigenvalue weighted by molar-refractivity contribution is 5.92. The summed E-state index contributed by atoms with van der Waals surface area (Å²) in [6.07, 6.45) is 2.44. The molecule has 0 aliphatic carbocycles. The van der Waals surface area contributed by atoms with Gasteiger partial charge in [-0.2, -0.15) is 0 Å². The Morgan fingerprint density at radius 1 is 1.15 bits per heavy atom. The van der Waals surface area contributed by atoms with Gasteiger partial charge in [0, 0.05) is 31.9 Å². The van der Waals surface area contributed by atoms with Crippen molar-refractivity contribution in [2.45, 2.75) is 6.92 Å². The van der Waals surface area contributed by atoms with Crippen LogP contribution in [0.15, 0.2) is 36.7 Å². The fourth-order valence-electron chi connectivity index (χ4n) is 2.69. The fraction of sp³-hybridized carbons (Fsp3) is 0.333. The number of amides is 2. The van der Waals surface area contributed by atoms with Crippen LogP contribution in [0.1, 0.15) is 17.4 Å². The molecule has 0 bridgehead atoms. The number of hydrogen-bond acceptors (Lipinski definition) is 6. The maximum Gasteiger partial charge on any atom is 0.409 e. The van der Waals surface area contributed by atoms with Crippen molar-refractivity contribution >= 4 is 23.5 Å². The van der Waals surface area contributed by atoms with Crippen LogP contribution >= 0.6 is 0 Å². The number of carbonyl (C=O) groups is 2. The number of piperazine rings is 1. The van der Waals surface area contributed by atoms with Crippen LogP contribution in [-0.2, 0) is 4.74 Å². The van der Waals surface area contributed by atoms with Gasteiger partial charge in [-0.15, -0.1) is 0 Å². The van der Waals surface area contributed by atoms with Gasteiger partial charge in [-0.3, -0.25) is 4.79 Å². The topological polar surface area (TPSA) is 87.7 Å². The number of anilines is 2. The van der Waals surface area contributed by atoms with E-state index < -0.39 is 0 Å². The third kappa shape index (κ3) is 4.69. The smallest absolute Gasteiger partial charge is 0.409 e. The molecule has 0 spiro atoms. The Hall–Kier alpha value is -3.23. The summed E-state index contributed by atoms with van der Waals surface area (Å²) in [5.41, 5.74) is 0.753. The van der Waals surface area contributed by atoms with E-state index in [-0.39, 0.29) is 23.5 Å². The molecule has 0 atom stereocenters. The van der Waals surface area contributed by atoms with Crippen LogP contribution in [0.2, 0.25) is 0 Å². The van der Waals surface area contributed by atoms with E-state index in [9.17, 15) is 14.0 Å². The molecule has 0 unspecified atom stereocenters. The summed E-state index contributed by atoms with van der Waals surface area (Å²) in [6.45, 7) is 3.71. The number of hydrogen-bond donors (Lipinski definition) is 1. The zero-order valence-electron chi connectivity index (χ0n) is 14.9. The fourth-order valence-corrected chi connectivity index (χ4v) is 2.69. The van der Waals surface area contributed by atoms with Gasteiger partial charge >= 0.3 is 6.09 Å². The zero-order valence-corrected chi connectivity index (χ0v) is 14.9. The summed E-state index contributed by atoms with van der Waals surface area (Å²) in [7, 11) is 0. The Morgan fingerprint density at radius 2 is 1.89 bits per heavy atom. The molecule has 0 saturated carbocycles. The van der Waals surface area contributed by atoms with Crippen molar-refractivity contribution in [2.24, 2.45) is 0 Å². The molecule has 2 amide bonds.